The van der Waals surface area contributed by atoms with Gasteiger partial charge in [0.2, 0.25) is 15.9 Å². The molecule has 1 heterocycles. The van der Waals surface area contributed by atoms with E-state index in [1.54, 1.807) is 0 Å². The number of hydrogen-bond acceptors (Lipinski definition) is 6. The molecule has 0 saturated carbocycles. The molecule has 0 aliphatic carbocycles. The second-order valence-electron chi connectivity index (χ2n) is 6.39. The van der Waals surface area contributed by atoms with Gasteiger partial charge in [-0.1, -0.05) is 0 Å². The van der Waals surface area contributed by atoms with Crippen LogP contribution >= 0.6 is 0 Å². The SMILES string of the molecule is C[C@H](NS(=O)(=O)c1ccc2c(c1)OCCCO2)C(=O)Nc1ccc(OC(F)F)cc1. The summed E-state index contributed by atoms with van der Waals surface area (Å²) in [6.45, 7) is -0.692. The van der Waals surface area contributed by atoms with Crippen LogP contribution in [0.2, 0.25) is 0 Å². The number of carbonyl (C=O) groups excluding carboxylic acids is 1. The maximum Gasteiger partial charge on any atom is 0.387 e. The molecule has 1 atom stereocenters. The predicted molar refractivity (Wildman–Crippen MR) is 104 cm³/mol. The smallest absolute Gasteiger partial charge is 0.387 e. The Hall–Kier alpha value is -2.92. The minimum Gasteiger partial charge on any atom is -0.490 e. The van der Waals surface area contributed by atoms with E-state index in [2.05, 4.69) is 14.8 Å². The number of carbonyl (C=O) groups is 1. The lowest BCUT2D eigenvalue weighted by Crippen LogP contribution is -2.41. The van der Waals surface area contributed by atoms with Gasteiger partial charge in [0.15, 0.2) is 11.5 Å². The number of rotatable bonds is 7. The van der Waals surface area contributed by atoms with Gasteiger partial charge in [-0.05, 0) is 43.3 Å². The van der Waals surface area contributed by atoms with Gasteiger partial charge in [-0.3, -0.25) is 4.79 Å². The average molecular weight is 442 g/mol. The molecule has 30 heavy (non-hydrogen) atoms. The number of fused-ring (bicyclic) bond motifs is 1. The summed E-state index contributed by atoms with van der Waals surface area (Å²) in [4.78, 5) is 12.3. The summed E-state index contributed by atoms with van der Waals surface area (Å²) in [5.74, 6) is 0.0803. The topological polar surface area (TPSA) is 103 Å². The Kier molecular flexibility index (Phi) is 6.73. The fourth-order valence-electron chi connectivity index (χ4n) is 2.64. The Morgan fingerprint density at radius 3 is 2.40 bits per heavy atom. The molecule has 2 aromatic rings. The number of anilines is 1. The molecule has 11 heteroatoms. The molecule has 0 saturated heterocycles. The van der Waals surface area contributed by atoms with E-state index in [0.29, 0.717) is 36.8 Å². The van der Waals surface area contributed by atoms with Crippen molar-refractivity contribution >= 4 is 21.6 Å². The summed E-state index contributed by atoms with van der Waals surface area (Å²) >= 11 is 0. The van der Waals surface area contributed by atoms with Gasteiger partial charge < -0.3 is 19.5 Å². The zero-order valence-electron chi connectivity index (χ0n) is 15.9. The van der Waals surface area contributed by atoms with Crippen molar-refractivity contribution in [3.63, 3.8) is 0 Å². The van der Waals surface area contributed by atoms with E-state index in [4.69, 9.17) is 9.47 Å². The Morgan fingerprint density at radius 2 is 1.73 bits per heavy atom. The predicted octanol–water partition coefficient (Wildman–Crippen LogP) is 2.75. The second-order valence-corrected chi connectivity index (χ2v) is 8.11. The van der Waals surface area contributed by atoms with Gasteiger partial charge >= 0.3 is 6.61 Å². The largest absolute Gasteiger partial charge is 0.490 e. The highest BCUT2D eigenvalue weighted by Crippen LogP contribution is 2.32. The summed E-state index contributed by atoms with van der Waals surface area (Å²) in [5, 5.41) is 2.50. The molecule has 0 bridgehead atoms. The zero-order valence-corrected chi connectivity index (χ0v) is 16.7. The minimum atomic E-state index is -4.01. The second kappa shape index (κ2) is 9.26. The standard InChI is InChI=1S/C19H20F2N2O6S/c1-12(18(24)22-13-3-5-14(6-4-13)29-19(20)21)23-30(25,26)15-7-8-16-17(11-15)28-10-2-9-27-16/h3-8,11-12,19,23H,2,9-10H2,1H3,(H,22,24)/t12-/m0/s1. The maximum atomic E-state index is 12.6. The van der Waals surface area contributed by atoms with E-state index in [9.17, 15) is 22.0 Å². The fraction of sp³-hybridized carbons (Fsp3) is 0.316. The lowest BCUT2D eigenvalue weighted by atomic mass is 10.2. The first-order chi connectivity index (χ1) is 14.2. The summed E-state index contributed by atoms with van der Waals surface area (Å²) < 4.78 is 67.1. The molecule has 0 unspecified atom stereocenters. The molecular formula is C19H20F2N2O6S. The number of nitrogens with one attached hydrogen (secondary N) is 2. The number of amides is 1. The molecule has 8 nitrogen and oxygen atoms in total. The molecule has 0 radical (unpaired) electrons. The van der Waals surface area contributed by atoms with E-state index in [0.717, 1.165) is 0 Å². The van der Waals surface area contributed by atoms with Crippen LogP contribution in [0.4, 0.5) is 14.5 Å². The van der Waals surface area contributed by atoms with Crippen molar-refractivity contribution in [1.29, 1.82) is 0 Å². The quantitative estimate of drug-likeness (QED) is 0.684. The monoisotopic (exact) mass is 442 g/mol. The first kappa shape index (κ1) is 21.8. The maximum absolute atomic E-state index is 12.6. The molecule has 2 aromatic carbocycles. The molecule has 1 aliphatic heterocycles. The number of sulfonamides is 1. The normalized spacial score (nSPS) is 14.7. The van der Waals surface area contributed by atoms with E-state index < -0.39 is 28.6 Å². The van der Waals surface area contributed by atoms with Crippen molar-refractivity contribution in [2.45, 2.75) is 30.9 Å². The average Bonchev–Trinajstić information content (AvgIpc) is 2.93. The number of halogens is 2. The third-order valence-corrected chi connectivity index (χ3v) is 5.64. The van der Waals surface area contributed by atoms with E-state index in [1.807, 2.05) is 0 Å². The molecule has 1 aliphatic rings. The third-order valence-electron chi connectivity index (χ3n) is 4.10. The van der Waals surface area contributed by atoms with Crippen LogP contribution < -0.4 is 24.2 Å². The van der Waals surface area contributed by atoms with Crippen molar-refractivity contribution in [3.8, 4) is 17.2 Å². The Morgan fingerprint density at radius 1 is 1.07 bits per heavy atom. The van der Waals surface area contributed by atoms with E-state index >= 15 is 0 Å². The van der Waals surface area contributed by atoms with Crippen molar-refractivity contribution in [2.24, 2.45) is 0 Å². The Bertz CT molecular complexity index is 999. The van der Waals surface area contributed by atoms with Crippen LogP contribution in [-0.4, -0.2) is 40.2 Å². The molecular weight excluding hydrogens is 422 g/mol. The Balaban J connectivity index is 1.64. The van der Waals surface area contributed by atoms with Crippen molar-refractivity contribution in [1.82, 2.24) is 4.72 Å². The summed E-state index contributed by atoms with van der Waals surface area (Å²) in [6, 6.07) is 8.34. The van der Waals surface area contributed by atoms with Gasteiger partial charge in [-0.2, -0.15) is 13.5 Å². The molecule has 0 spiro atoms. The lowest BCUT2D eigenvalue weighted by Gasteiger charge is -2.16. The van der Waals surface area contributed by atoms with Crippen LogP contribution in [0.15, 0.2) is 47.4 Å². The molecule has 3 rings (SSSR count). The van der Waals surface area contributed by atoms with Gasteiger partial charge in [0.05, 0.1) is 24.2 Å². The van der Waals surface area contributed by atoms with Crippen LogP contribution in [-0.2, 0) is 14.8 Å². The van der Waals surface area contributed by atoms with E-state index in [-0.39, 0.29) is 10.6 Å². The van der Waals surface area contributed by atoms with Crippen LogP contribution in [0.3, 0.4) is 0 Å². The van der Waals surface area contributed by atoms with Gasteiger partial charge in [0.1, 0.15) is 5.75 Å². The highest BCUT2D eigenvalue weighted by molar-refractivity contribution is 7.89. The Labute approximate surface area is 172 Å². The number of alkyl halides is 2. The van der Waals surface area contributed by atoms with Crippen molar-refractivity contribution in [2.75, 3.05) is 18.5 Å². The summed E-state index contributed by atoms with van der Waals surface area (Å²) in [6.07, 6.45) is 0.682. The number of benzene rings is 2. The molecule has 1 amide bonds. The van der Waals surface area contributed by atoms with Crippen molar-refractivity contribution in [3.05, 3.63) is 42.5 Å². The van der Waals surface area contributed by atoms with Crippen molar-refractivity contribution < 1.29 is 36.2 Å². The molecule has 2 N–H and O–H groups in total. The molecule has 162 valence electrons. The molecule has 0 aromatic heterocycles. The zero-order chi connectivity index (χ0) is 21.7. The number of hydrogen-bond donors (Lipinski definition) is 2. The first-order valence-corrected chi connectivity index (χ1v) is 10.5. The van der Waals surface area contributed by atoms with Gasteiger partial charge in [-0.15, -0.1) is 0 Å². The van der Waals surface area contributed by atoms with Gasteiger partial charge in [-0.25, -0.2) is 8.42 Å². The van der Waals surface area contributed by atoms with Gasteiger partial charge in [0, 0.05) is 18.2 Å². The van der Waals surface area contributed by atoms with Crippen LogP contribution in [0, 0.1) is 0 Å². The number of ether oxygens (including phenoxy) is 3. The minimum absolute atomic E-state index is 0.0637. The molecule has 0 fully saturated rings. The van der Waals surface area contributed by atoms with Crippen LogP contribution in [0.5, 0.6) is 17.2 Å². The highest BCUT2D eigenvalue weighted by atomic mass is 32.2. The summed E-state index contributed by atoms with van der Waals surface area (Å²) in [5.41, 5.74) is 0.295. The van der Waals surface area contributed by atoms with E-state index in [1.165, 1.54) is 49.4 Å². The third kappa shape index (κ3) is 5.57. The highest BCUT2D eigenvalue weighted by Gasteiger charge is 2.24. The summed E-state index contributed by atoms with van der Waals surface area (Å²) in [7, 11) is -4.01. The fourth-order valence-corrected chi connectivity index (χ4v) is 3.85. The van der Waals surface area contributed by atoms with Crippen LogP contribution in [0.25, 0.3) is 0 Å². The van der Waals surface area contributed by atoms with Crippen LogP contribution in [0.1, 0.15) is 13.3 Å². The van der Waals surface area contributed by atoms with Gasteiger partial charge in [0.25, 0.3) is 0 Å². The lowest BCUT2D eigenvalue weighted by molar-refractivity contribution is -0.117. The first-order valence-electron chi connectivity index (χ1n) is 9.02.